The van der Waals surface area contributed by atoms with Crippen molar-refractivity contribution in [1.29, 1.82) is 0 Å². The van der Waals surface area contributed by atoms with Crippen LogP contribution in [0.25, 0.3) is 0 Å². The molecule has 1 unspecified atom stereocenters. The monoisotopic (exact) mass is 237 g/mol. The van der Waals surface area contributed by atoms with Crippen LogP contribution < -0.4 is 5.32 Å². The Labute approximate surface area is 101 Å². The second-order valence-electron chi connectivity index (χ2n) is 4.99. The minimum atomic E-state index is 0.0242. The van der Waals surface area contributed by atoms with Crippen LogP contribution in [0.1, 0.15) is 56.0 Å². The van der Waals surface area contributed by atoms with Crippen LogP contribution in [-0.4, -0.2) is 23.8 Å². The third kappa shape index (κ3) is 2.35. The Bertz CT molecular complexity index is 370. The Morgan fingerprint density at radius 1 is 1.35 bits per heavy atom. The maximum atomic E-state index is 5.46. The van der Waals surface area contributed by atoms with Crippen LogP contribution in [-0.2, 0) is 4.74 Å². The lowest BCUT2D eigenvalue weighted by Crippen LogP contribution is -2.27. The van der Waals surface area contributed by atoms with Crippen molar-refractivity contribution in [3.8, 4) is 0 Å². The Kier molecular flexibility index (Phi) is 3.11. The number of ether oxygens (including phenoxy) is 1. The number of piperidine rings is 1. The van der Waals surface area contributed by atoms with Crippen LogP contribution in [0.5, 0.6) is 0 Å². The summed E-state index contributed by atoms with van der Waals surface area (Å²) in [6, 6.07) is 0.238. The van der Waals surface area contributed by atoms with Crippen LogP contribution >= 0.6 is 0 Å². The Hall–Kier alpha value is -0.940. The number of nitrogens with zero attached hydrogens (tertiary/aromatic N) is 2. The van der Waals surface area contributed by atoms with E-state index in [9.17, 15) is 0 Å². The molecule has 2 atom stereocenters. The lowest BCUT2D eigenvalue weighted by molar-refractivity contribution is 0.0751. The second kappa shape index (κ2) is 4.74. The molecule has 1 aliphatic carbocycles. The fourth-order valence-corrected chi connectivity index (χ4v) is 2.47. The molecule has 94 valence electrons. The summed E-state index contributed by atoms with van der Waals surface area (Å²) in [6.45, 7) is 1.04. The van der Waals surface area contributed by atoms with Crippen molar-refractivity contribution < 1.29 is 9.26 Å². The molecule has 0 aromatic carbocycles. The standard InChI is InChI=1S/C12H19N3O2/c1-16-10(8-5-6-8)11-14-12(17-15-11)9-4-2-3-7-13-9/h8-10,13H,2-7H2,1H3/t9-,10?/m1/s1. The van der Waals surface area contributed by atoms with E-state index >= 15 is 0 Å². The first-order valence-electron chi connectivity index (χ1n) is 6.48. The molecule has 1 saturated carbocycles. The molecular formula is C12H19N3O2. The minimum Gasteiger partial charge on any atom is -0.373 e. The van der Waals surface area contributed by atoms with Crippen molar-refractivity contribution in [3.63, 3.8) is 0 Å². The molecule has 0 bridgehead atoms. The van der Waals surface area contributed by atoms with Crippen molar-refractivity contribution in [1.82, 2.24) is 15.5 Å². The third-order valence-electron chi connectivity index (χ3n) is 3.62. The molecule has 2 heterocycles. The van der Waals surface area contributed by atoms with Gasteiger partial charge in [0.25, 0.3) is 0 Å². The molecule has 0 amide bonds. The van der Waals surface area contributed by atoms with Gasteiger partial charge in [0.15, 0.2) is 0 Å². The predicted molar refractivity (Wildman–Crippen MR) is 61.4 cm³/mol. The summed E-state index contributed by atoms with van der Waals surface area (Å²) < 4.78 is 10.8. The first kappa shape index (κ1) is 11.2. The zero-order valence-corrected chi connectivity index (χ0v) is 10.2. The van der Waals surface area contributed by atoms with Crippen molar-refractivity contribution in [2.24, 2.45) is 5.92 Å². The summed E-state index contributed by atoms with van der Waals surface area (Å²) in [6.07, 6.45) is 6.00. The molecular weight excluding hydrogens is 218 g/mol. The van der Waals surface area contributed by atoms with E-state index in [1.807, 2.05) is 0 Å². The quantitative estimate of drug-likeness (QED) is 0.867. The fourth-order valence-electron chi connectivity index (χ4n) is 2.47. The molecule has 1 aliphatic heterocycles. The fraction of sp³-hybridized carbons (Fsp3) is 0.833. The van der Waals surface area contributed by atoms with Crippen LogP contribution in [0.15, 0.2) is 4.52 Å². The molecule has 0 radical (unpaired) electrons. The Balaban J connectivity index is 1.72. The largest absolute Gasteiger partial charge is 0.373 e. The molecule has 0 spiro atoms. The van der Waals surface area contributed by atoms with Gasteiger partial charge in [-0.25, -0.2) is 0 Å². The highest BCUT2D eigenvalue weighted by atomic mass is 16.5. The van der Waals surface area contributed by atoms with E-state index in [4.69, 9.17) is 9.26 Å². The van der Waals surface area contributed by atoms with E-state index in [1.54, 1.807) is 7.11 Å². The summed E-state index contributed by atoms with van der Waals surface area (Å²) in [5.41, 5.74) is 0. The summed E-state index contributed by atoms with van der Waals surface area (Å²) in [5.74, 6) is 2.03. The van der Waals surface area contributed by atoms with Gasteiger partial charge in [-0.2, -0.15) is 4.98 Å². The van der Waals surface area contributed by atoms with E-state index in [1.165, 1.54) is 25.7 Å². The molecule has 1 aromatic rings. The smallest absolute Gasteiger partial charge is 0.243 e. The van der Waals surface area contributed by atoms with Gasteiger partial charge in [-0.3, -0.25) is 0 Å². The molecule has 5 heteroatoms. The molecule has 2 fully saturated rings. The highest BCUT2D eigenvalue weighted by Crippen LogP contribution is 2.42. The summed E-state index contributed by atoms with van der Waals surface area (Å²) >= 11 is 0. The lowest BCUT2D eigenvalue weighted by Gasteiger charge is -2.19. The number of hydrogen-bond acceptors (Lipinski definition) is 5. The highest BCUT2D eigenvalue weighted by molar-refractivity contribution is 5.01. The van der Waals surface area contributed by atoms with Gasteiger partial charge >= 0.3 is 0 Å². The molecule has 5 nitrogen and oxygen atoms in total. The molecule has 1 saturated heterocycles. The maximum absolute atomic E-state index is 5.46. The first-order chi connectivity index (χ1) is 8.38. The summed E-state index contributed by atoms with van der Waals surface area (Å²) in [4.78, 5) is 4.50. The van der Waals surface area contributed by atoms with Crippen LogP contribution in [0.2, 0.25) is 0 Å². The minimum absolute atomic E-state index is 0.0242. The van der Waals surface area contributed by atoms with Gasteiger partial charge in [0.05, 0.1) is 6.04 Å². The first-order valence-corrected chi connectivity index (χ1v) is 6.48. The normalized spacial score (nSPS) is 27.0. The molecule has 2 aliphatic rings. The molecule has 1 N–H and O–H groups in total. The topological polar surface area (TPSA) is 60.2 Å². The van der Waals surface area contributed by atoms with Crippen molar-refractivity contribution >= 4 is 0 Å². The van der Waals surface area contributed by atoms with Gasteiger partial charge in [0.2, 0.25) is 11.7 Å². The Morgan fingerprint density at radius 3 is 2.88 bits per heavy atom. The van der Waals surface area contributed by atoms with Crippen molar-refractivity contribution in [3.05, 3.63) is 11.7 Å². The summed E-state index contributed by atoms with van der Waals surface area (Å²) in [5, 5.41) is 7.49. The lowest BCUT2D eigenvalue weighted by atomic mass is 10.1. The predicted octanol–water partition coefficient (Wildman–Crippen LogP) is 1.98. The average Bonchev–Trinajstić information content (AvgIpc) is 3.09. The molecule has 3 rings (SSSR count). The molecule has 17 heavy (non-hydrogen) atoms. The van der Waals surface area contributed by atoms with E-state index < -0.39 is 0 Å². The molecule has 1 aromatic heterocycles. The maximum Gasteiger partial charge on any atom is 0.243 e. The number of aromatic nitrogens is 2. The van der Waals surface area contributed by atoms with E-state index in [0.717, 1.165) is 24.7 Å². The van der Waals surface area contributed by atoms with Gasteiger partial charge in [-0.1, -0.05) is 11.6 Å². The second-order valence-corrected chi connectivity index (χ2v) is 4.99. The van der Waals surface area contributed by atoms with Crippen LogP contribution in [0.4, 0.5) is 0 Å². The highest BCUT2D eigenvalue weighted by Gasteiger charge is 2.36. The third-order valence-corrected chi connectivity index (χ3v) is 3.62. The van der Waals surface area contributed by atoms with Crippen LogP contribution in [0, 0.1) is 5.92 Å². The van der Waals surface area contributed by atoms with Gasteiger partial charge in [0, 0.05) is 7.11 Å². The van der Waals surface area contributed by atoms with Gasteiger partial charge in [0.1, 0.15) is 6.10 Å². The Morgan fingerprint density at radius 2 is 2.24 bits per heavy atom. The van der Waals surface area contributed by atoms with Crippen molar-refractivity contribution in [2.45, 2.75) is 44.2 Å². The average molecular weight is 237 g/mol. The summed E-state index contributed by atoms with van der Waals surface area (Å²) in [7, 11) is 1.72. The van der Waals surface area contributed by atoms with E-state index in [2.05, 4.69) is 15.5 Å². The zero-order valence-electron chi connectivity index (χ0n) is 10.2. The van der Waals surface area contributed by atoms with E-state index in [0.29, 0.717) is 5.92 Å². The number of methoxy groups -OCH3 is 1. The SMILES string of the molecule is COC(c1noc([C@H]2CCCCN2)n1)C1CC1. The van der Waals surface area contributed by atoms with Gasteiger partial charge in [-0.05, 0) is 38.1 Å². The van der Waals surface area contributed by atoms with Gasteiger partial charge < -0.3 is 14.6 Å². The van der Waals surface area contributed by atoms with Crippen LogP contribution in [0.3, 0.4) is 0 Å². The number of hydrogen-bond donors (Lipinski definition) is 1. The number of rotatable bonds is 4. The zero-order chi connectivity index (χ0) is 11.7. The van der Waals surface area contributed by atoms with Crippen molar-refractivity contribution in [2.75, 3.05) is 13.7 Å². The number of nitrogens with one attached hydrogen (secondary N) is 1. The van der Waals surface area contributed by atoms with Gasteiger partial charge in [-0.15, -0.1) is 0 Å². The van der Waals surface area contributed by atoms with E-state index in [-0.39, 0.29) is 12.1 Å².